The average molecular weight is 265 g/mol. The zero-order valence-electron chi connectivity index (χ0n) is 8.93. The molecule has 0 aliphatic carbocycles. The molecule has 0 saturated heterocycles. The summed E-state index contributed by atoms with van der Waals surface area (Å²) >= 11 is 3.44. The maximum absolute atomic E-state index is 10.9. The van der Waals surface area contributed by atoms with Gasteiger partial charge in [0.25, 0.3) is 0 Å². The Hall–Kier alpha value is -0.350. The molecule has 0 spiro atoms. The molecule has 0 N–H and O–H groups in total. The van der Waals surface area contributed by atoms with Crippen molar-refractivity contribution >= 4 is 21.9 Å². The average Bonchev–Trinajstić information content (AvgIpc) is 2.01. The summed E-state index contributed by atoms with van der Waals surface area (Å²) in [5.74, 6) is -0.369. The minimum atomic E-state index is -0.369. The maximum Gasteiger partial charge on any atom is 0.333 e. The molecular formula is C10H17BrO3. The van der Waals surface area contributed by atoms with Gasteiger partial charge in [-0.3, -0.25) is 0 Å². The lowest BCUT2D eigenvalue weighted by Crippen LogP contribution is -2.20. The van der Waals surface area contributed by atoms with Crippen LogP contribution in [-0.2, 0) is 14.3 Å². The van der Waals surface area contributed by atoms with Gasteiger partial charge in [-0.15, -0.1) is 0 Å². The van der Waals surface area contributed by atoms with Crippen LogP contribution in [0.15, 0.2) is 12.2 Å². The van der Waals surface area contributed by atoms with Crippen LogP contribution in [0.4, 0.5) is 0 Å². The predicted octanol–water partition coefficient (Wildman–Crippen LogP) is 2.30. The number of alkyl halides is 1. The molecule has 0 rings (SSSR count). The number of hydrogen-bond acceptors (Lipinski definition) is 3. The fourth-order valence-corrected chi connectivity index (χ4v) is 0.793. The normalized spacial score (nSPS) is 11.1. The molecule has 0 saturated carbocycles. The first-order valence-corrected chi connectivity index (χ1v) is 5.21. The van der Waals surface area contributed by atoms with E-state index in [0.29, 0.717) is 18.8 Å². The Labute approximate surface area is 93.6 Å². The van der Waals surface area contributed by atoms with Gasteiger partial charge in [0, 0.05) is 9.90 Å². The molecule has 0 aromatic rings. The van der Waals surface area contributed by atoms with Crippen LogP contribution in [0.5, 0.6) is 0 Å². The molecule has 0 fully saturated rings. The van der Waals surface area contributed by atoms with E-state index in [9.17, 15) is 4.79 Å². The standard InChI is InChI=1S/C10H17BrO3/c1-8(2)9(12)14-6-5-13-7-10(3,4)11/h1,5-7H2,2-4H3. The molecule has 0 aromatic heterocycles. The first-order valence-electron chi connectivity index (χ1n) is 4.42. The van der Waals surface area contributed by atoms with Gasteiger partial charge in [0.15, 0.2) is 0 Å². The van der Waals surface area contributed by atoms with Crippen LogP contribution < -0.4 is 0 Å². The third kappa shape index (κ3) is 8.26. The molecule has 14 heavy (non-hydrogen) atoms. The number of halogens is 1. The van der Waals surface area contributed by atoms with E-state index in [2.05, 4.69) is 22.5 Å². The molecule has 0 aliphatic heterocycles. The zero-order valence-corrected chi connectivity index (χ0v) is 10.5. The van der Waals surface area contributed by atoms with Gasteiger partial charge in [-0.05, 0) is 20.8 Å². The number of ether oxygens (including phenoxy) is 2. The second-order valence-electron chi connectivity index (χ2n) is 3.69. The van der Waals surface area contributed by atoms with E-state index >= 15 is 0 Å². The molecule has 0 aromatic carbocycles. The van der Waals surface area contributed by atoms with Crippen LogP contribution in [0.3, 0.4) is 0 Å². The van der Waals surface area contributed by atoms with Crippen LogP contribution in [0, 0.1) is 0 Å². The lowest BCUT2D eigenvalue weighted by molar-refractivity contribution is -0.140. The number of rotatable bonds is 6. The van der Waals surface area contributed by atoms with Gasteiger partial charge in [0.2, 0.25) is 0 Å². The molecular weight excluding hydrogens is 248 g/mol. The van der Waals surface area contributed by atoms with Gasteiger partial charge < -0.3 is 9.47 Å². The Morgan fingerprint density at radius 3 is 2.43 bits per heavy atom. The van der Waals surface area contributed by atoms with E-state index in [-0.39, 0.29) is 16.9 Å². The van der Waals surface area contributed by atoms with Gasteiger partial charge in [-0.2, -0.15) is 0 Å². The topological polar surface area (TPSA) is 35.5 Å². The van der Waals surface area contributed by atoms with Gasteiger partial charge in [0.1, 0.15) is 6.61 Å². The van der Waals surface area contributed by atoms with Crippen LogP contribution >= 0.6 is 15.9 Å². The van der Waals surface area contributed by atoms with E-state index in [1.54, 1.807) is 6.92 Å². The Morgan fingerprint density at radius 2 is 2.00 bits per heavy atom. The van der Waals surface area contributed by atoms with Gasteiger partial charge in [0.05, 0.1) is 13.2 Å². The minimum absolute atomic E-state index is 0.0363. The summed E-state index contributed by atoms with van der Waals surface area (Å²) in [5, 5.41) is 0. The van der Waals surface area contributed by atoms with Crippen molar-refractivity contribution in [3.63, 3.8) is 0 Å². The van der Waals surface area contributed by atoms with Crippen molar-refractivity contribution in [1.29, 1.82) is 0 Å². The summed E-state index contributed by atoms with van der Waals surface area (Å²) in [6.45, 7) is 10.4. The lowest BCUT2D eigenvalue weighted by atomic mass is 10.2. The van der Waals surface area contributed by atoms with E-state index in [1.807, 2.05) is 13.8 Å². The minimum Gasteiger partial charge on any atom is -0.460 e. The summed E-state index contributed by atoms with van der Waals surface area (Å²) in [6, 6.07) is 0. The highest BCUT2D eigenvalue weighted by molar-refractivity contribution is 9.10. The number of carbonyl (C=O) groups is 1. The fraction of sp³-hybridized carbons (Fsp3) is 0.700. The Kier molecular flexibility index (Phi) is 6.04. The van der Waals surface area contributed by atoms with Crippen molar-refractivity contribution in [1.82, 2.24) is 0 Å². The summed E-state index contributed by atoms with van der Waals surface area (Å²) < 4.78 is 10.1. The molecule has 0 amide bonds. The van der Waals surface area contributed by atoms with E-state index < -0.39 is 0 Å². The maximum atomic E-state index is 10.9. The Bertz CT molecular complexity index is 206. The number of carbonyl (C=O) groups excluding carboxylic acids is 1. The molecule has 0 atom stereocenters. The summed E-state index contributed by atoms with van der Waals surface area (Å²) in [6.07, 6.45) is 0. The molecule has 82 valence electrons. The largest absolute Gasteiger partial charge is 0.460 e. The second kappa shape index (κ2) is 6.19. The summed E-state index contributed by atoms with van der Waals surface area (Å²) in [7, 11) is 0. The monoisotopic (exact) mass is 264 g/mol. The first kappa shape index (κ1) is 13.7. The van der Waals surface area contributed by atoms with Crippen molar-refractivity contribution in [2.75, 3.05) is 19.8 Å². The van der Waals surface area contributed by atoms with Gasteiger partial charge in [-0.1, -0.05) is 22.5 Å². The van der Waals surface area contributed by atoms with Crippen LogP contribution in [0.25, 0.3) is 0 Å². The molecule has 0 bridgehead atoms. The molecule has 0 aliphatic rings. The predicted molar refractivity (Wildman–Crippen MR) is 59.6 cm³/mol. The molecule has 0 unspecified atom stereocenters. The summed E-state index contributed by atoms with van der Waals surface area (Å²) in [5.41, 5.74) is 0.408. The first-order chi connectivity index (χ1) is 6.33. The Morgan fingerprint density at radius 1 is 1.43 bits per heavy atom. The number of hydrogen-bond donors (Lipinski definition) is 0. The summed E-state index contributed by atoms with van der Waals surface area (Å²) in [4.78, 5) is 10.9. The van der Waals surface area contributed by atoms with E-state index in [4.69, 9.17) is 9.47 Å². The third-order valence-corrected chi connectivity index (χ3v) is 1.48. The van der Waals surface area contributed by atoms with Crippen molar-refractivity contribution < 1.29 is 14.3 Å². The smallest absolute Gasteiger partial charge is 0.333 e. The molecule has 3 nitrogen and oxygen atoms in total. The Balaban J connectivity index is 3.39. The highest BCUT2D eigenvalue weighted by Crippen LogP contribution is 2.15. The number of esters is 1. The second-order valence-corrected chi connectivity index (χ2v) is 5.83. The molecule has 0 radical (unpaired) electrons. The van der Waals surface area contributed by atoms with Crippen LogP contribution in [0.2, 0.25) is 0 Å². The van der Waals surface area contributed by atoms with Crippen molar-refractivity contribution in [3.8, 4) is 0 Å². The van der Waals surface area contributed by atoms with E-state index in [1.165, 1.54) is 0 Å². The highest BCUT2D eigenvalue weighted by atomic mass is 79.9. The van der Waals surface area contributed by atoms with Crippen molar-refractivity contribution in [3.05, 3.63) is 12.2 Å². The third-order valence-electron chi connectivity index (χ3n) is 1.25. The van der Waals surface area contributed by atoms with Crippen molar-refractivity contribution in [2.45, 2.75) is 25.1 Å². The fourth-order valence-electron chi connectivity index (χ4n) is 0.631. The van der Waals surface area contributed by atoms with Crippen LogP contribution in [0.1, 0.15) is 20.8 Å². The van der Waals surface area contributed by atoms with Gasteiger partial charge >= 0.3 is 5.97 Å². The molecule has 4 heteroatoms. The van der Waals surface area contributed by atoms with Gasteiger partial charge in [-0.25, -0.2) is 4.79 Å². The lowest BCUT2D eigenvalue weighted by Gasteiger charge is -2.15. The van der Waals surface area contributed by atoms with Crippen LogP contribution in [-0.4, -0.2) is 30.1 Å². The molecule has 0 heterocycles. The zero-order chi connectivity index (χ0) is 11.2. The van der Waals surface area contributed by atoms with E-state index in [0.717, 1.165) is 0 Å². The SMILES string of the molecule is C=C(C)C(=O)OCCOCC(C)(C)Br. The van der Waals surface area contributed by atoms with Crippen molar-refractivity contribution in [2.24, 2.45) is 0 Å². The highest BCUT2D eigenvalue weighted by Gasteiger charge is 2.12. The quantitative estimate of drug-likeness (QED) is 0.320.